The van der Waals surface area contributed by atoms with Gasteiger partial charge < -0.3 is 52.3 Å². The van der Waals surface area contributed by atoms with Crippen LogP contribution in [0.4, 0.5) is 0 Å². The molecule has 0 amide bonds. The number of nitrogens with zero attached hydrogens (tertiary/aromatic N) is 2. The van der Waals surface area contributed by atoms with Gasteiger partial charge in [0, 0.05) is 59.1 Å². The predicted octanol–water partition coefficient (Wildman–Crippen LogP) is 1.66. The number of ether oxygens (including phenoxy) is 9. The minimum Gasteiger partial charge on any atom is -0.465 e. The van der Waals surface area contributed by atoms with Gasteiger partial charge in [0.1, 0.15) is 42.0 Å². The standard InChI is InChI=1S/C45H54N2O19/c1-20(2)38(53)63-32-30-34(60-24(6)49)45-43(10,57)35(65-39(54)22(4)21(3)31-28(13-12-16-46-31)41(56)59-18-42(30,9)66-45)33(64-40(55)27-14-15-29(52)47(11)17-27)37(62-26(8)51)44(45,19-58-23(5)48)36(32)61-25(7)50/h12-17,20-22,30,32-37,57H,18-19H2,1-11H3/t21?,22?,30-,32-,33+,34-,35+,36-,37+,42+,43+,44-,45+/m1/s1. The van der Waals surface area contributed by atoms with Crippen molar-refractivity contribution in [3.8, 4) is 0 Å². The van der Waals surface area contributed by atoms with Crippen molar-refractivity contribution in [1.29, 1.82) is 0 Å². The number of aryl methyl sites for hydroxylation is 1. The third-order valence-electron chi connectivity index (χ3n) is 13.1. The summed E-state index contributed by atoms with van der Waals surface area (Å²) in [6.07, 6.45) is -10.2. The Kier molecular flexibility index (Phi) is 13.3. The van der Waals surface area contributed by atoms with Gasteiger partial charge in [-0.2, -0.15) is 0 Å². The number of hydrogen-bond donors (Lipinski definition) is 1. The topological polar surface area (TPSA) is 275 Å². The molecule has 4 bridgehead atoms. The molecule has 0 radical (unpaired) electrons. The molecule has 66 heavy (non-hydrogen) atoms. The second-order valence-electron chi connectivity index (χ2n) is 18.0. The van der Waals surface area contributed by atoms with E-state index in [1.165, 1.54) is 53.1 Å². The summed E-state index contributed by atoms with van der Waals surface area (Å²) in [4.78, 5) is 128. The van der Waals surface area contributed by atoms with Crippen molar-refractivity contribution in [3.05, 3.63) is 63.8 Å². The maximum atomic E-state index is 14.7. The van der Waals surface area contributed by atoms with E-state index >= 15 is 0 Å². The van der Waals surface area contributed by atoms with Crippen LogP contribution in [0.5, 0.6) is 0 Å². The Balaban J connectivity index is 1.81. The van der Waals surface area contributed by atoms with Crippen molar-refractivity contribution >= 4 is 47.8 Å². The molecule has 2 aromatic heterocycles. The molecule has 3 fully saturated rings. The number of carbonyl (C=O) groups excluding carboxylic acids is 8. The van der Waals surface area contributed by atoms with E-state index in [1.807, 2.05) is 0 Å². The van der Waals surface area contributed by atoms with Crippen LogP contribution in [0, 0.1) is 23.2 Å². The fourth-order valence-electron chi connectivity index (χ4n) is 10.0. The summed E-state index contributed by atoms with van der Waals surface area (Å²) in [5.41, 5.74) is -11.4. The first kappa shape index (κ1) is 49.2. The number of rotatable bonds is 9. The highest BCUT2D eigenvalue weighted by molar-refractivity contribution is 5.91. The molecule has 13 atom stereocenters. The second-order valence-corrected chi connectivity index (χ2v) is 18.0. The number of carbonyl (C=O) groups is 8. The van der Waals surface area contributed by atoms with Crippen molar-refractivity contribution in [2.75, 3.05) is 13.2 Å². The van der Waals surface area contributed by atoms with Gasteiger partial charge in [0.25, 0.3) is 0 Å². The molecule has 21 heteroatoms. The summed E-state index contributed by atoms with van der Waals surface area (Å²) in [5, 5.41) is 13.8. The molecule has 1 spiro atoms. The lowest BCUT2D eigenvalue weighted by Gasteiger charge is -2.67. The molecule has 2 aliphatic heterocycles. The number of pyridine rings is 2. The van der Waals surface area contributed by atoms with Crippen LogP contribution >= 0.6 is 0 Å². The van der Waals surface area contributed by atoms with Gasteiger partial charge in [-0.25, -0.2) is 9.59 Å². The summed E-state index contributed by atoms with van der Waals surface area (Å²) in [6.45, 7) is 10.4. The van der Waals surface area contributed by atoms with Crippen molar-refractivity contribution < 1.29 is 86.1 Å². The molecule has 358 valence electrons. The van der Waals surface area contributed by atoms with Gasteiger partial charge in [0.2, 0.25) is 5.56 Å². The number of cyclic esters (lactones) is 1. The molecule has 4 heterocycles. The number of aromatic nitrogens is 2. The van der Waals surface area contributed by atoms with Crippen LogP contribution in [-0.4, -0.2) is 129 Å². The molecule has 2 aromatic rings. The average Bonchev–Trinajstić information content (AvgIpc) is 3.45. The van der Waals surface area contributed by atoms with E-state index in [4.69, 9.17) is 42.6 Å². The normalized spacial score (nSPS) is 34.7. The van der Waals surface area contributed by atoms with Crippen LogP contribution in [0.2, 0.25) is 0 Å². The Bertz CT molecular complexity index is 2390. The highest BCUT2D eigenvalue weighted by Gasteiger charge is 2.92. The third-order valence-corrected chi connectivity index (χ3v) is 13.1. The molecule has 1 saturated heterocycles. The molecule has 0 aromatic carbocycles. The Hall–Kier alpha value is -6.22. The van der Waals surface area contributed by atoms with Gasteiger partial charge in [-0.15, -0.1) is 0 Å². The van der Waals surface area contributed by atoms with E-state index in [2.05, 4.69) is 4.98 Å². The monoisotopic (exact) mass is 926 g/mol. The van der Waals surface area contributed by atoms with Gasteiger partial charge in [-0.3, -0.25) is 38.5 Å². The highest BCUT2D eigenvalue weighted by atomic mass is 16.7. The van der Waals surface area contributed by atoms with Crippen LogP contribution < -0.4 is 5.56 Å². The third kappa shape index (κ3) is 8.09. The minimum absolute atomic E-state index is 0.0723. The van der Waals surface area contributed by atoms with Crippen LogP contribution in [-0.2, 0) is 78.4 Å². The van der Waals surface area contributed by atoms with Crippen molar-refractivity contribution in [2.45, 2.75) is 129 Å². The Morgan fingerprint density at radius 2 is 1.44 bits per heavy atom. The molecular formula is C45H54N2O19. The van der Waals surface area contributed by atoms with E-state index < -0.39 is 149 Å². The largest absolute Gasteiger partial charge is 0.465 e. The van der Waals surface area contributed by atoms with E-state index in [1.54, 1.807) is 6.92 Å². The number of aliphatic hydroxyl groups is 1. The quantitative estimate of drug-likeness (QED) is 0.277. The predicted molar refractivity (Wildman–Crippen MR) is 220 cm³/mol. The minimum atomic E-state index is -2.94. The summed E-state index contributed by atoms with van der Waals surface area (Å²) < 4.78 is 57.0. The van der Waals surface area contributed by atoms with Crippen LogP contribution in [0.1, 0.15) is 102 Å². The van der Waals surface area contributed by atoms with Crippen molar-refractivity contribution in [3.63, 3.8) is 0 Å². The molecule has 2 saturated carbocycles. The van der Waals surface area contributed by atoms with Crippen molar-refractivity contribution in [1.82, 2.24) is 9.55 Å². The van der Waals surface area contributed by atoms with Crippen LogP contribution in [0.3, 0.4) is 0 Å². The van der Waals surface area contributed by atoms with E-state index in [-0.39, 0.29) is 16.8 Å². The van der Waals surface area contributed by atoms with Gasteiger partial charge in [-0.1, -0.05) is 27.7 Å². The molecular weight excluding hydrogens is 872 g/mol. The molecule has 4 aliphatic rings. The zero-order valence-electron chi connectivity index (χ0n) is 38.3. The first-order valence-corrected chi connectivity index (χ1v) is 21.2. The first-order valence-electron chi connectivity index (χ1n) is 21.2. The average molecular weight is 927 g/mol. The number of hydrogen-bond acceptors (Lipinski definition) is 20. The Labute approximate surface area is 378 Å². The first-order chi connectivity index (χ1) is 30.7. The molecule has 2 aliphatic carbocycles. The highest BCUT2D eigenvalue weighted by Crippen LogP contribution is 2.70. The zero-order valence-corrected chi connectivity index (χ0v) is 38.3. The fraction of sp³-hybridized carbons (Fsp3) is 0.600. The lowest BCUT2D eigenvalue weighted by Crippen LogP contribution is -2.89. The fourth-order valence-corrected chi connectivity index (χ4v) is 10.0. The molecule has 21 nitrogen and oxygen atoms in total. The lowest BCUT2D eigenvalue weighted by molar-refractivity contribution is -0.386. The Morgan fingerprint density at radius 1 is 0.833 bits per heavy atom. The smallest absolute Gasteiger partial charge is 0.340 e. The Morgan fingerprint density at radius 3 is 2.02 bits per heavy atom. The van der Waals surface area contributed by atoms with E-state index in [0.29, 0.717) is 0 Å². The second kappa shape index (κ2) is 17.9. The summed E-state index contributed by atoms with van der Waals surface area (Å²) in [7, 11) is 1.35. The van der Waals surface area contributed by atoms with Crippen molar-refractivity contribution in [2.24, 2.45) is 30.2 Å². The summed E-state index contributed by atoms with van der Waals surface area (Å²) >= 11 is 0. The summed E-state index contributed by atoms with van der Waals surface area (Å²) in [5.74, 6) is -13.1. The van der Waals surface area contributed by atoms with Gasteiger partial charge >= 0.3 is 47.8 Å². The van der Waals surface area contributed by atoms with E-state index in [9.17, 15) is 48.3 Å². The summed E-state index contributed by atoms with van der Waals surface area (Å²) in [6, 6.07) is 5.05. The zero-order chi connectivity index (χ0) is 49.0. The maximum absolute atomic E-state index is 14.7. The maximum Gasteiger partial charge on any atom is 0.340 e. The molecule has 1 N–H and O–H groups in total. The number of esters is 8. The lowest BCUT2D eigenvalue weighted by atomic mass is 9.45. The molecule has 2 unspecified atom stereocenters. The van der Waals surface area contributed by atoms with Crippen LogP contribution in [0.15, 0.2) is 41.5 Å². The van der Waals surface area contributed by atoms with E-state index in [0.717, 1.165) is 57.5 Å². The van der Waals surface area contributed by atoms with Gasteiger partial charge in [-0.05, 0) is 32.0 Å². The van der Waals surface area contributed by atoms with Gasteiger partial charge in [0.05, 0.1) is 34.6 Å². The molecule has 6 rings (SSSR count). The number of fused-ring (bicyclic) bond motifs is 5. The SMILES string of the molecule is CC(=O)OC[C@]12[C@H](OC(C)=O)[C@H](OC(=O)C(C)C)[C@@H]3[C@@H](OC(C)=O)[C@@]14O[C@@]3(C)COC(=O)c1cccnc1C(C)C(C)C(=O)O[C@@H]([C@H](OC(=O)c1ccc(=O)n(C)c1)[C@@H]2OC(C)=O)[C@]4(C)O. The van der Waals surface area contributed by atoms with Crippen LogP contribution in [0.25, 0.3) is 0 Å². The van der Waals surface area contributed by atoms with Gasteiger partial charge in [0.15, 0.2) is 30.0 Å².